The van der Waals surface area contributed by atoms with Gasteiger partial charge in [0.1, 0.15) is 6.07 Å². The largest absolute Gasteiger partial charge is 0.447 e. The van der Waals surface area contributed by atoms with E-state index >= 15 is 0 Å². The molecule has 96 valence electrons. The van der Waals surface area contributed by atoms with Crippen molar-refractivity contribution in [3.8, 4) is 23.6 Å². The molecule has 7 heteroatoms. The van der Waals surface area contributed by atoms with Gasteiger partial charge in [-0.3, -0.25) is 15.1 Å². The third-order valence-corrected chi connectivity index (χ3v) is 2.41. The van der Waals surface area contributed by atoms with Crippen molar-refractivity contribution in [2.45, 2.75) is 0 Å². The Labute approximate surface area is 113 Å². The Morgan fingerprint density at radius 2 is 2.00 bits per heavy atom. The highest BCUT2D eigenvalue weighted by Gasteiger charge is 2.18. The lowest BCUT2D eigenvalue weighted by atomic mass is 10.2. The average molecular weight is 266 g/mol. The summed E-state index contributed by atoms with van der Waals surface area (Å²) in [6, 6.07) is 8.96. The minimum atomic E-state index is -0.654. The number of nitriles is 2. The minimum absolute atomic E-state index is 0.0569. The molecule has 0 radical (unpaired) electrons. The molecule has 0 bridgehead atoms. The van der Waals surface area contributed by atoms with Gasteiger partial charge in [0.25, 0.3) is 0 Å². The molecule has 0 aliphatic heterocycles. The number of nitro groups is 1. The Morgan fingerprint density at radius 1 is 1.20 bits per heavy atom. The number of nitrogens with zero attached hydrogens (tertiary/aromatic N) is 4. The molecule has 2 aromatic rings. The lowest BCUT2D eigenvalue weighted by molar-refractivity contribution is -0.385. The smallest absolute Gasteiger partial charge is 0.312 e. The quantitative estimate of drug-likeness (QED) is 0.623. The van der Waals surface area contributed by atoms with Gasteiger partial charge in [0.2, 0.25) is 5.75 Å². The Balaban J connectivity index is 2.47. The molecule has 0 unspecified atom stereocenters. The molecule has 0 spiro atoms. The number of ether oxygens (including phenoxy) is 1. The lowest BCUT2D eigenvalue weighted by Gasteiger charge is -2.07. The molecule has 1 heterocycles. The first-order chi connectivity index (χ1) is 9.65. The zero-order valence-corrected chi connectivity index (χ0v) is 9.98. The summed E-state index contributed by atoms with van der Waals surface area (Å²) in [6.45, 7) is 0. The molecular weight excluding hydrogens is 260 g/mol. The maximum Gasteiger partial charge on any atom is 0.312 e. The first-order valence-electron chi connectivity index (χ1n) is 5.36. The van der Waals surface area contributed by atoms with E-state index in [-0.39, 0.29) is 28.3 Å². The number of hydrogen-bond acceptors (Lipinski definition) is 6. The Morgan fingerprint density at radius 3 is 2.65 bits per heavy atom. The van der Waals surface area contributed by atoms with Gasteiger partial charge in [-0.25, -0.2) is 0 Å². The van der Waals surface area contributed by atoms with Crippen LogP contribution >= 0.6 is 0 Å². The van der Waals surface area contributed by atoms with Gasteiger partial charge in [-0.15, -0.1) is 0 Å². The summed E-state index contributed by atoms with van der Waals surface area (Å²) in [5, 5.41) is 28.6. The first kappa shape index (κ1) is 13.0. The van der Waals surface area contributed by atoms with Crippen molar-refractivity contribution >= 4 is 5.69 Å². The minimum Gasteiger partial charge on any atom is -0.447 e. The van der Waals surface area contributed by atoms with Crippen LogP contribution < -0.4 is 4.74 Å². The van der Waals surface area contributed by atoms with Gasteiger partial charge in [-0.05, 0) is 18.2 Å². The second-order valence-corrected chi connectivity index (χ2v) is 3.64. The maximum atomic E-state index is 11.0. The topological polar surface area (TPSA) is 113 Å². The van der Waals surface area contributed by atoms with Crippen molar-refractivity contribution in [3.05, 3.63) is 57.9 Å². The lowest BCUT2D eigenvalue weighted by Crippen LogP contribution is -1.96. The van der Waals surface area contributed by atoms with Crippen molar-refractivity contribution in [2.24, 2.45) is 0 Å². The van der Waals surface area contributed by atoms with Crippen LogP contribution in [0.3, 0.4) is 0 Å². The van der Waals surface area contributed by atoms with Crippen molar-refractivity contribution in [3.63, 3.8) is 0 Å². The number of rotatable bonds is 3. The van der Waals surface area contributed by atoms with E-state index in [4.69, 9.17) is 15.3 Å². The van der Waals surface area contributed by atoms with Crippen LogP contribution in [-0.2, 0) is 0 Å². The predicted octanol–water partition coefficient (Wildman–Crippen LogP) is 2.53. The molecule has 1 aromatic carbocycles. The number of hydrogen-bond donors (Lipinski definition) is 0. The summed E-state index contributed by atoms with van der Waals surface area (Å²) in [5.74, 6) is 0.0568. The molecule has 0 aliphatic carbocycles. The molecule has 0 atom stereocenters. The molecule has 0 aliphatic rings. The van der Waals surface area contributed by atoms with Crippen LogP contribution in [0.25, 0.3) is 0 Å². The summed E-state index contributed by atoms with van der Waals surface area (Å²) in [7, 11) is 0. The first-order valence-corrected chi connectivity index (χ1v) is 5.36. The normalized spacial score (nSPS) is 9.30. The van der Waals surface area contributed by atoms with Crippen LogP contribution in [0.2, 0.25) is 0 Å². The fourth-order valence-electron chi connectivity index (χ4n) is 1.49. The molecule has 0 fully saturated rings. The fraction of sp³-hybridized carbons (Fsp3) is 0. The molecule has 20 heavy (non-hydrogen) atoms. The van der Waals surface area contributed by atoms with Crippen molar-refractivity contribution < 1.29 is 9.66 Å². The van der Waals surface area contributed by atoms with E-state index in [1.54, 1.807) is 0 Å². The van der Waals surface area contributed by atoms with Gasteiger partial charge in [0, 0.05) is 12.3 Å². The number of pyridine rings is 1. The molecule has 0 saturated carbocycles. The summed E-state index contributed by atoms with van der Waals surface area (Å²) < 4.78 is 5.36. The Bertz CT molecular complexity index is 759. The SMILES string of the molecule is N#Cc1ccc(Oc2cnccc2C#N)c([N+](=O)[O-])c1. The van der Waals surface area contributed by atoms with Crippen LogP contribution in [0.1, 0.15) is 11.1 Å². The van der Waals surface area contributed by atoms with E-state index < -0.39 is 4.92 Å². The molecule has 0 amide bonds. The van der Waals surface area contributed by atoms with Gasteiger partial charge >= 0.3 is 5.69 Å². The van der Waals surface area contributed by atoms with Gasteiger partial charge in [-0.2, -0.15) is 10.5 Å². The molecule has 0 saturated heterocycles. The highest BCUT2D eigenvalue weighted by atomic mass is 16.6. The second kappa shape index (κ2) is 5.46. The second-order valence-electron chi connectivity index (χ2n) is 3.64. The number of nitro benzene ring substituents is 1. The van der Waals surface area contributed by atoms with Crippen molar-refractivity contribution in [1.29, 1.82) is 10.5 Å². The summed E-state index contributed by atoms with van der Waals surface area (Å²) in [6.07, 6.45) is 2.71. The monoisotopic (exact) mass is 266 g/mol. The average Bonchev–Trinajstić information content (AvgIpc) is 2.48. The van der Waals surface area contributed by atoms with Crippen LogP contribution in [0, 0.1) is 32.8 Å². The molecular formula is C13H6N4O3. The zero-order valence-electron chi connectivity index (χ0n) is 9.98. The van der Waals surface area contributed by atoms with E-state index in [9.17, 15) is 10.1 Å². The fourth-order valence-corrected chi connectivity index (χ4v) is 1.49. The molecule has 2 rings (SSSR count). The standard InChI is InChI=1S/C13H6N4O3/c14-6-9-1-2-12(11(5-9)17(18)19)20-13-8-16-4-3-10(13)7-15/h1-5,8H. The van der Waals surface area contributed by atoms with Gasteiger partial charge in [0.15, 0.2) is 5.75 Å². The van der Waals surface area contributed by atoms with E-state index in [0.29, 0.717) is 0 Å². The molecule has 7 nitrogen and oxygen atoms in total. The number of benzene rings is 1. The van der Waals surface area contributed by atoms with Crippen LogP contribution in [-0.4, -0.2) is 9.91 Å². The zero-order chi connectivity index (χ0) is 14.5. The summed E-state index contributed by atoms with van der Waals surface area (Å²) in [4.78, 5) is 14.1. The maximum absolute atomic E-state index is 11.0. The van der Waals surface area contributed by atoms with E-state index in [0.717, 1.165) is 6.07 Å². The van der Waals surface area contributed by atoms with E-state index in [2.05, 4.69) is 4.98 Å². The predicted molar refractivity (Wildman–Crippen MR) is 66.8 cm³/mol. The van der Waals surface area contributed by atoms with Crippen LogP contribution in [0.5, 0.6) is 11.5 Å². The Kier molecular flexibility index (Phi) is 3.55. The van der Waals surface area contributed by atoms with Gasteiger partial charge < -0.3 is 4.74 Å². The van der Waals surface area contributed by atoms with E-state index in [1.165, 1.54) is 30.6 Å². The van der Waals surface area contributed by atoms with Crippen LogP contribution in [0.4, 0.5) is 5.69 Å². The molecule has 1 aromatic heterocycles. The third-order valence-electron chi connectivity index (χ3n) is 2.41. The number of aromatic nitrogens is 1. The van der Waals surface area contributed by atoms with Crippen molar-refractivity contribution in [2.75, 3.05) is 0 Å². The van der Waals surface area contributed by atoms with Gasteiger partial charge in [-0.1, -0.05) is 0 Å². The summed E-state index contributed by atoms with van der Waals surface area (Å²) >= 11 is 0. The Hall–Kier alpha value is -3.45. The highest BCUT2D eigenvalue weighted by molar-refractivity contribution is 5.54. The van der Waals surface area contributed by atoms with Gasteiger partial charge in [0.05, 0.1) is 28.3 Å². The highest BCUT2D eigenvalue weighted by Crippen LogP contribution is 2.32. The van der Waals surface area contributed by atoms with Crippen LogP contribution in [0.15, 0.2) is 36.7 Å². The third kappa shape index (κ3) is 2.52. The van der Waals surface area contributed by atoms with Crippen molar-refractivity contribution in [1.82, 2.24) is 4.98 Å². The summed E-state index contributed by atoms with van der Waals surface area (Å²) in [5.41, 5.74) is 0.00574. The van der Waals surface area contributed by atoms with E-state index in [1.807, 2.05) is 12.1 Å². The molecule has 0 N–H and O–H groups in total.